The van der Waals surface area contributed by atoms with Crippen LogP contribution in [0.3, 0.4) is 0 Å². The molecule has 0 unspecified atom stereocenters. The van der Waals surface area contributed by atoms with Gasteiger partial charge in [0.1, 0.15) is 5.75 Å². The van der Waals surface area contributed by atoms with E-state index in [4.69, 9.17) is 10.00 Å². The van der Waals surface area contributed by atoms with E-state index in [0.717, 1.165) is 17.7 Å². The molecule has 2 heteroatoms. The van der Waals surface area contributed by atoms with Crippen LogP contribution in [-0.4, -0.2) is 7.11 Å². The average Bonchev–Trinajstić information content (AvgIpc) is 2.62. The van der Waals surface area contributed by atoms with Crippen molar-refractivity contribution < 1.29 is 4.74 Å². The summed E-state index contributed by atoms with van der Waals surface area (Å²) in [6, 6.07) is 18.4. The lowest BCUT2D eigenvalue weighted by Crippen LogP contribution is -2.03. The molecule has 0 N–H and O–H groups in total. The van der Waals surface area contributed by atoms with E-state index in [0.29, 0.717) is 5.92 Å². The Labute approximate surface area is 131 Å². The van der Waals surface area contributed by atoms with E-state index in [1.807, 2.05) is 24.3 Å². The summed E-state index contributed by atoms with van der Waals surface area (Å²) in [6.45, 7) is 0. The minimum atomic E-state index is 0.443. The summed E-state index contributed by atoms with van der Waals surface area (Å²) in [5.41, 5.74) is 4.70. The van der Waals surface area contributed by atoms with Gasteiger partial charge in [-0.3, -0.25) is 0 Å². The molecule has 0 aliphatic heterocycles. The summed E-state index contributed by atoms with van der Waals surface area (Å²) in [7, 11) is 1.69. The van der Waals surface area contributed by atoms with E-state index in [2.05, 4.69) is 36.4 Å². The molecule has 0 saturated heterocycles. The van der Waals surface area contributed by atoms with Crippen molar-refractivity contribution in [1.82, 2.24) is 0 Å². The zero-order chi connectivity index (χ0) is 15.4. The van der Waals surface area contributed by atoms with Crippen LogP contribution in [0.15, 0.2) is 54.6 Å². The normalized spacial score (nSPS) is 17.5. The molecule has 2 aromatic carbocycles. The number of nitrogens with zero attached hydrogens (tertiary/aromatic N) is 1. The first-order valence-corrected chi connectivity index (χ1v) is 7.65. The molecular formula is C20H19NO. The first-order valence-electron chi connectivity index (χ1n) is 7.65. The van der Waals surface area contributed by atoms with Crippen molar-refractivity contribution in [3.05, 3.63) is 71.3 Å². The molecule has 0 amide bonds. The molecule has 110 valence electrons. The smallest absolute Gasteiger partial charge is 0.118 e. The number of benzene rings is 2. The zero-order valence-electron chi connectivity index (χ0n) is 12.8. The third kappa shape index (κ3) is 3.04. The lowest BCUT2D eigenvalue weighted by molar-refractivity contribution is 0.415. The number of methoxy groups -OCH3 is 1. The van der Waals surface area contributed by atoms with Crippen LogP contribution in [0.1, 0.15) is 41.9 Å². The number of ether oxygens (including phenoxy) is 1. The fourth-order valence-electron chi connectivity index (χ4n) is 3.04. The van der Waals surface area contributed by atoms with Gasteiger partial charge < -0.3 is 4.74 Å². The molecule has 2 nitrogen and oxygen atoms in total. The van der Waals surface area contributed by atoms with Gasteiger partial charge in [-0.15, -0.1) is 0 Å². The summed E-state index contributed by atoms with van der Waals surface area (Å²) < 4.78 is 5.22. The molecular weight excluding hydrogens is 270 g/mol. The third-order valence-electron chi connectivity index (χ3n) is 4.29. The van der Waals surface area contributed by atoms with E-state index in [9.17, 15) is 0 Å². The maximum atomic E-state index is 8.90. The van der Waals surface area contributed by atoms with Crippen LogP contribution in [0.4, 0.5) is 0 Å². The predicted octanol–water partition coefficient (Wildman–Crippen LogP) is 4.92. The van der Waals surface area contributed by atoms with Crippen LogP contribution in [0.5, 0.6) is 5.75 Å². The monoisotopic (exact) mass is 289 g/mol. The molecule has 2 aromatic rings. The van der Waals surface area contributed by atoms with Crippen LogP contribution >= 0.6 is 0 Å². The summed E-state index contributed by atoms with van der Waals surface area (Å²) >= 11 is 0. The van der Waals surface area contributed by atoms with Crippen LogP contribution in [0.25, 0.3) is 5.57 Å². The fourth-order valence-corrected chi connectivity index (χ4v) is 3.04. The Bertz CT molecular complexity index is 705. The lowest BCUT2D eigenvalue weighted by Gasteiger charge is -2.22. The van der Waals surface area contributed by atoms with Crippen LogP contribution in [-0.2, 0) is 0 Å². The van der Waals surface area contributed by atoms with Gasteiger partial charge >= 0.3 is 0 Å². The lowest BCUT2D eigenvalue weighted by atomic mass is 9.83. The number of rotatable bonds is 3. The average molecular weight is 289 g/mol. The molecule has 0 aromatic heterocycles. The Hall–Kier alpha value is -2.53. The molecule has 1 atom stereocenters. The van der Waals surface area contributed by atoms with Gasteiger partial charge in [-0.2, -0.15) is 5.26 Å². The Kier molecular flexibility index (Phi) is 4.25. The van der Waals surface area contributed by atoms with Crippen LogP contribution < -0.4 is 4.74 Å². The number of allylic oxidation sites excluding steroid dienone is 2. The highest BCUT2D eigenvalue weighted by atomic mass is 16.5. The van der Waals surface area contributed by atoms with Crippen molar-refractivity contribution in [2.75, 3.05) is 7.11 Å². The second kappa shape index (κ2) is 6.49. The molecule has 1 aliphatic carbocycles. The van der Waals surface area contributed by atoms with Crippen molar-refractivity contribution in [2.45, 2.75) is 25.2 Å². The highest BCUT2D eigenvalue weighted by Gasteiger charge is 2.16. The molecule has 0 bridgehead atoms. The van der Waals surface area contributed by atoms with Gasteiger partial charge in [-0.25, -0.2) is 0 Å². The maximum Gasteiger partial charge on any atom is 0.118 e. The van der Waals surface area contributed by atoms with Crippen molar-refractivity contribution in [2.24, 2.45) is 0 Å². The van der Waals surface area contributed by atoms with Gasteiger partial charge in [-0.1, -0.05) is 30.3 Å². The van der Waals surface area contributed by atoms with Gasteiger partial charge in [0.05, 0.1) is 18.7 Å². The van der Waals surface area contributed by atoms with Gasteiger partial charge in [0.15, 0.2) is 0 Å². The van der Waals surface area contributed by atoms with Crippen LogP contribution in [0, 0.1) is 11.3 Å². The van der Waals surface area contributed by atoms with Crippen molar-refractivity contribution in [1.29, 1.82) is 5.26 Å². The number of hydrogen-bond donors (Lipinski definition) is 0. The molecule has 3 rings (SSSR count). The van der Waals surface area contributed by atoms with E-state index in [1.165, 1.54) is 29.5 Å². The molecule has 0 fully saturated rings. The largest absolute Gasteiger partial charge is 0.497 e. The van der Waals surface area contributed by atoms with E-state index >= 15 is 0 Å². The summed E-state index contributed by atoms with van der Waals surface area (Å²) in [4.78, 5) is 0. The Morgan fingerprint density at radius 3 is 2.41 bits per heavy atom. The molecule has 0 spiro atoms. The topological polar surface area (TPSA) is 33.0 Å². The first kappa shape index (κ1) is 14.4. The molecule has 0 saturated carbocycles. The van der Waals surface area contributed by atoms with E-state index in [1.54, 1.807) is 7.11 Å². The highest BCUT2D eigenvalue weighted by molar-refractivity contribution is 5.68. The Morgan fingerprint density at radius 2 is 1.77 bits per heavy atom. The van der Waals surface area contributed by atoms with E-state index < -0.39 is 0 Å². The van der Waals surface area contributed by atoms with Gasteiger partial charge in [0, 0.05) is 5.92 Å². The summed E-state index contributed by atoms with van der Waals surface area (Å²) in [5, 5.41) is 8.90. The molecule has 22 heavy (non-hydrogen) atoms. The maximum absolute atomic E-state index is 8.90. The third-order valence-corrected chi connectivity index (χ3v) is 4.29. The van der Waals surface area contributed by atoms with Gasteiger partial charge in [0.2, 0.25) is 0 Å². The van der Waals surface area contributed by atoms with Gasteiger partial charge in [0.25, 0.3) is 0 Å². The number of nitriles is 1. The minimum Gasteiger partial charge on any atom is -0.497 e. The highest BCUT2D eigenvalue weighted by Crippen LogP contribution is 2.35. The van der Waals surface area contributed by atoms with Crippen molar-refractivity contribution in [3.63, 3.8) is 0 Å². The summed E-state index contributed by atoms with van der Waals surface area (Å²) in [6.07, 6.45) is 5.87. The predicted molar refractivity (Wildman–Crippen MR) is 88.7 cm³/mol. The molecule has 1 aliphatic rings. The van der Waals surface area contributed by atoms with E-state index in [-0.39, 0.29) is 0 Å². The van der Waals surface area contributed by atoms with Crippen LogP contribution in [0.2, 0.25) is 0 Å². The standard InChI is InChI=1S/C20H19NO/c1-22-20-11-9-17(10-12-20)19-4-2-3-18(13-19)16-7-5-15(14-21)6-8-16/h5-13,18H,2-4H2,1H3/t18-/m1/s1. The Balaban J connectivity index is 1.85. The second-order valence-electron chi connectivity index (χ2n) is 5.65. The van der Waals surface area contributed by atoms with Crippen molar-refractivity contribution >= 4 is 5.57 Å². The minimum absolute atomic E-state index is 0.443. The van der Waals surface area contributed by atoms with Gasteiger partial charge in [-0.05, 0) is 60.2 Å². The SMILES string of the molecule is COc1ccc(C2=C[C@H](c3ccc(C#N)cc3)CCC2)cc1. The van der Waals surface area contributed by atoms with Crippen molar-refractivity contribution in [3.8, 4) is 11.8 Å². The molecule has 0 heterocycles. The summed E-state index contributed by atoms with van der Waals surface area (Å²) in [5.74, 6) is 1.34. The zero-order valence-corrected chi connectivity index (χ0v) is 12.8. The number of hydrogen-bond acceptors (Lipinski definition) is 2. The molecule has 0 radical (unpaired) electrons. The first-order chi connectivity index (χ1) is 10.8. The quantitative estimate of drug-likeness (QED) is 0.803. The Morgan fingerprint density at radius 1 is 1.05 bits per heavy atom. The fraction of sp³-hybridized carbons (Fsp3) is 0.250. The second-order valence-corrected chi connectivity index (χ2v) is 5.65.